The van der Waals surface area contributed by atoms with E-state index < -0.39 is 0 Å². The minimum Gasteiger partial charge on any atom is -0.374 e. The minimum absolute atomic E-state index is 0.108. The summed E-state index contributed by atoms with van der Waals surface area (Å²) in [5.41, 5.74) is 6.37. The number of fused-ring (bicyclic) bond motifs is 1. The number of imidazole rings is 1. The summed E-state index contributed by atoms with van der Waals surface area (Å²) < 4.78 is 2.49. The van der Waals surface area contributed by atoms with Crippen LogP contribution < -0.4 is 10.6 Å². The van der Waals surface area contributed by atoms with E-state index in [-0.39, 0.29) is 5.91 Å². The fourth-order valence-electron chi connectivity index (χ4n) is 2.65. The molecule has 4 heterocycles. The van der Waals surface area contributed by atoms with Crippen LogP contribution in [0.4, 0.5) is 10.9 Å². The van der Waals surface area contributed by atoms with Crippen LogP contribution in [0.15, 0.2) is 28.9 Å². The number of carbonyl (C=O) groups excluding carboxylic acids is 1. The lowest BCUT2D eigenvalue weighted by molar-refractivity contribution is -0.128. The van der Waals surface area contributed by atoms with E-state index in [1.165, 1.54) is 23.1 Å². The average molecular weight is 376 g/mol. The molecule has 1 aliphatic heterocycles. The number of nitrogens with zero attached hydrogens (tertiary/aromatic N) is 7. The zero-order valence-electron chi connectivity index (χ0n) is 13.3. The number of amides is 1. The van der Waals surface area contributed by atoms with E-state index in [1.807, 2.05) is 23.2 Å². The third-order valence-electron chi connectivity index (χ3n) is 3.94. The van der Waals surface area contributed by atoms with Crippen LogP contribution in [0.3, 0.4) is 0 Å². The Morgan fingerprint density at radius 3 is 2.84 bits per heavy atom. The first-order valence-electron chi connectivity index (χ1n) is 7.74. The Morgan fingerprint density at radius 2 is 2.08 bits per heavy atom. The molecule has 1 aliphatic rings. The van der Waals surface area contributed by atoms with E-state index in [4.69, 9.17) is 5.73 Å². The molecule has 130 valence electrons. The molecule has 4 rings (SSSR count). The van der Waals surface area contributed by atoms with Crippen LogP contribution in [-0.4, -0.2) is 67.5 Å². The molecule has 11 heteroatoms. The van der Waals surface area contributed by atoms with Crippen molar-refractivity contribution in [3.05, 3.63) is 24.5 Å². The number of piperazine rings is 1. The lowest BCUT2D eigenvalue weighted by Gasteiger charge is -2.35. The summed E-state index contributed by atoms with van der Waals surface area (Å²) in [6.45, 7) is 2.88. The highest BCUT2D eigenvalue weighted by atomic mass is 32.2. The molecule has 1 amide bonds. The van der Waals surface area contributed by atoms with Crippen molar-refractivity contribution in [3.63, 3.8) is 0 Å². The molecular weight excluding hydrogens is 360 g/mol. The fraction of sp³-hybridized carbons (Fsp3) is 0.357. The van der Waals surface area contributed by atoms with Crippen molar-refractivity contribution >= 4 is 45.6 Å². The van der Waals surface area contributed by atoms with Gasteiger partial charge in [-0.15, -0.1) is 15.3 Å². The summed E-state index contributed by atoms with van der Waals surface area (Å²) in [6, 6.07) is 3.92. The first-order chi connectivity index (χ1) is 12.2. The van der Waals surface area contributed by atoms with Gasteiger partial charge in [0.05, 0.1) is 5.75 Å². The largest absolute Gasteiger partial charge is 0.374 e. The van der Waals surface area contributed by atoms with Gasteiger partial charge in [-0.2, -0.15) is 0 Å². The van der Waals surface area contributed by atoms with Gasteiger partial charge in [-0.25, -0.2) is 9.50 Å². The molecule has 1 saturated heterocycles. The lowest BCUT2D eigenvalue weighted by Crippen LogP contribution is -2.49. The highest BCUT2D eigenvalue weighted by Gasteiger charge is 2.22. The van der Waals surface area contributed by atoms with Crippen molar-refractivity contribution in [3.8, 4) is 0 Å². The van der Waals surface area contributed by atoms with Gasteiger partial charge in [0.1, 0.15) is 5.82 Å². The monoisotopic (exact) mass is 376 g/mol. The summed E-state index contributed by atoms with van der Waals surface area (Å²) in [5.74, 6) is 1.36. The van der Waals surface area contributed by atoms with Gasteiger partial charge in [-0.1, -0.05) is 23.1 Å². The third kappa shape index (κ3) is 3.51. The second-order valence-corrected chi connectivity index (χ2v) is 7.72. The van der Waals surface area contributed by atoms with Crippen molar-refractivity contribution in [1.82, 2.24) is 29.7 Å². The normalized spacial score (nSPS) is 15.0. The van der Waals surface area contributed by atoms with Gasteiger partial charge in [0.2, 0.25) is 11.0 Å². The number of hydrogen-bond acceptors (Lipinski definition) is 9. The van der Waals surface area contributed by atoms with Gasteiger partial charge in [-0.3, -0.25) is 4.79 Å². The maximum Gasteiger partial charge on any atom is 0.233 e. The molecule has 25 heavy (non-hydrogen) atoms. The van der Waals surface area contributed by atoms with E-state index in [1.54, 1.807) is 10.7 Å². The molecule has 0 aromatic carbocycles. The zero-order valence-corrected chi connectivity index (χ0v) is 14.9. The van der Waals surface area contributed by atoms with Gasteiger partial charge in [0.15, 0.2) is 9.99 Å². The molecule has 2 N–H and O–H groups in total. The highest BCUT2D eigenvalue weighted by Crippen LogP contribution is 2.24. The molecule has 3 aromatic heterocycles. The Hall–Kier alpha value is -2.40. The number of aromatic nitrogens is 5. The molecule has 0 aliphatic carbocycles. The van der Waals surface area contributed by atoms with Crippen molar-refractivity contribution in [2.45, 2.75) is 4.34 Å². The maximum absolute atomic E-state index is 12.3. The number of hydrogen-bond donors (Lipinski definition) is 1. The number of carbonyl (C=O) groups is 1. The summed E-state index contributed by atoms with van der Waals surface area (Å²) in [5, 5.41) is 12.6. The number of nitrogen functional groups attached to an aromatic ring is 1. The van der Waals surface area contributed by atoms with Crippen LogP contribution in [0.25, 0.3) is 5.65 Å². The Morgan fingerprint density at radius 1 is 1.24 bits per heavy atom. The van der Waals surface area contributed by atoms with Crippen LogP contribution in [0, 0.1) is 0 Å². The Labute approximate surface area is 151 Å². The fourth-order valence-corrected chi connectivity index (χ4v) is 4.19. The van der Waals surface area contributed by atoms with E-state index in [2.05, 4.69) is 25.2 Å². The Bertz CT molecular complexity index is 886. The van der Waals surface area contributed by atoms with Gasteiger partial charge < -0.3 is 15.5 Å². The molecule has 0 saturated carbocycles. The Kier molecular flexibility index (Phi) is 4.40. The average Bonchev–Trinajstić information content (AvgIpc) is 3.27. The second-order valence-electron chi connectivity index (χ2n) is 5.48. The summed E-state index contributed by atoms with van der Waals surface area (Å²) in [7, 11) is 0. The van der Waals surface area contributed by atoms with Gasteiger partial charge in [0.25, 0.3) is 0 Å². The number of thioether (sulfide) groups is 1. The van der Waals surface area contributed by atoms with Crippen molar-refractivity contribution in [2.24, 2.45) is 0 Å². The SMILES string of the molecule is Nc1nnc(SCC(=O)N2CCN(c3ccc4nccn4n3)CC2)s1. The molecule has 3 aromatic rings. The summed E-state index contributed by atoms with van der Waals surface area (Å²) >= 11 is 2.68. The number of anilines is 2. The quantitative estimate of drug-likeness (QED) is 0.660. The standard InChI is InChI=1S/C14H16N8OS2/c15-13-17-18-14(25-13)24-9-12(23)21-7-5-20(6-8-21)11-2-1-10-16-3-4-22(10)19-11/h1-4H,5-9H2,(H2,15,17). The molecule has 0 atom stereocenters. The van der Waals surface area contributed by atoms with Gasteiger partial charge in [-0.05, 0) is 12.1 Å². The third-order valence-corrected chi connectivity index (χ3v) is 5.81. The zero-order chi connectivity index (χ0) is 17.2. The maximum atomic E-state index is 12.3. The van der Waals surface area contributed by atoms with Gasteiger partial charge >= 0.3 is 0 Å². The molecule has 0 unspecified atom stereocenters. The second kappa shape index (κ2) is 6.84. The Balaban J connectivity index is 1.32. The first-order valence-corrected chi connectivity index (χ1v) is 9.54. The molecule has 0 spiro atoms. The van der Waals surface area contributed by atoms with E-state index in [9.17, 15) is 4.79 Å². The lowest BCUT2D eigenvalue weighted by atomic mass is 10.3. The first kappa shape index (κ1) is 16.1. The molecule has 0 radical (unpaired) electrons. The van der Waals surface area contributed by atoms with E-state index >= 15 is 0 Å². The number of nitrogens with two attached hydrogens (primary N) is 1. The van der Waals surface area contributed by atoms with Crippen molar-refractivity contribution < 1.29 is 4.79 Å². The smallest absolute Gasteiger partial charge is 0.233 e. The molecular formula is C14H16N8OS2. The van der Waals surface area contributed by atoms with Crippen LogP contribution in [0.1, 0.15) is 0 Å². The minimum atomic E-state index is 0.108. The van der Waals surface area contributed by atoms with Crippen LogP contribution in [0.2, 0.25) is 0 Å². The van der Waals surface area contributed by atoms with Crippen molar-refractivity contribution in [2.75, 3.05) is 42.6 Å². The predicted octanol–water partition coefficient (Wildman–Crippen LogP) is 0.604. The highest BCUT2D eigenvalue weighted by molar-refractivity contribution is 8.01. The predicted molar refractivity (Wildman–Crippen MR) is 96.8 cm³/mol. The molecule has 1 fully saturated rings. The van der Waals surface area contributed by atoms with Gasteiger partial charge in [0, 0.05) is 38.6 Å². The van der Waals surface area contributed by atoms with Crippen molar-refractivity contribution in [1.29, 1.82) is 0 Å². The number of rotatable bonds is 4. The van der Waals surface area contributed by atoms with Crippen LogP contribution in [-0.2, 0) is 4.79 Å². The molecule has 9 nitrogen and oxygen atoms in total. The van der Waals surface area contributed by atoms with Crippen LogP contribution in [0.5, 0.6) is 0 Å². The summed E-state index contributed by atoms with van der Waals surface area (Å²) in [6.07, 6.45) is 3.56. The van der Waals surface area contributed by atoms with Crippen LogP contribution >= 0.6 is 23.1 Å². The van der Waals surface area contributed by atoms with E-state index in [0.717, 1.165) is 28.9 Å². The summed E-state index contributed by atoms with van der Waals surface area (Å²) in [4.78, 5) is 20.6. The molecule has 0 bridgehead atoms. The topological polar surface area (TPSA) is 106 Å². The van der Waals surface area contributed by atoms with E-state index in [0.29, 0.717) is 24.0 Å².